The van der Waals surface area contributed by atoms with Crippen LogP contribution in [0.4, 0.5) is 0 Å². The zero-order valence-electron chi connectivity index (χ0n) is 13.0. The van der Waals surface area contributed by atoms with Crippen molar-refractivity contribution in [3.05, 3.63) is 70.1 Å². The van der Waals surface area contributed by atoms with Gasteiger partial charge in [-0.15, -0.1) is 11.3 Å². The zero-order valence-corrected chi connectivity index (χ0v) is 13.8. The molecule has 2 nitrogen and oxygen atoms in total. The highest BCUT2D eigenvalue weighted by molar-refractivity contribution is 7.20. The van der Waals surface area contributed by atoms with Crippen LogP contribution in [-0.4, -0.2) is 11.9 Å². The van der Waals surface area contributed by atoms with E-state index in [1.54, 1.807) is 11.3 Å². The number of thiophene rings is 1. The molecule has 0 N–H and O–H groups in total. The van der Waals surface area contributed by atoms with Crippen LogP contribution in [0.25, 0.3) is 10.1 Å². The summed E-state index contributed by atoms with van der Waals surface area (Å²) in [7, 11) is 0. The van der Waals surface area contributed by atoms with Gasteiger partial charge in [0, 0.05) is 4.70 Å². The summed E-state index contributed by atoms with van der Waals surface area (Å²) in [6.45, 7) is 6.18. The molecule has 0 amide bonds. The molecule has 0 saturated carbocycles. The van der Waals surface area contributed by atoms with Crippen LogP contribution in [0.1, 0.15) is 28.5 Å². The van der Waals surface area contributed by atoms with Crippen LogP contribution in [0.15, 0.2) is 58.7 Å². The molecule has 1 heterocycles. The van der Waals surface area contributed by atoms with E-state index in [1.165, 1.54) is 26.1 Å². The van der Waals surface area contributed by atoms with Crippen molar-refractivity contribution in [2.75, 3.05) is 0 Å². The summed E-state index contributed by atoms with van der Waals surface area (Å²) < 4.78 is 1.28. The van der Waals surface area contributed by atoms with Crippen molar-refractivity contribution in [1.29, 1.82) is 0 Å². The van der Waals surface area contributed by atoms with Crippen LogP contribution in [0.2, 0.25) is 0 Å². The van der Waals surface area contributed by atoms with Gasteiger partial charge >= 0.3 is 0 Å². The highest BCUT2D eigenvalue weighted by Gasteiger charge is 2.03. The van der Waals surface area contributed by atoms with Gasteiger partial charge < -0.3 is 0 Å². The molecule has 1 aromatic heterocycles. The summed E-state index contributed by atoms with van der Waals surface area (Å²) in [4.78, 5) is 1.17. The molecule has 0 aliphatic heterocycles. The number of hydrogen-bond acceptors (Lipinski definition) is 3. The smallest absolute Gasteiger partial charge is 0.0771 e. The first-order chi connectivity index (χ1) is 10.6. The fraction of sp³-hybridized carbons (Fsp3) is 0.158. The van der Waals surface area contributed by atoms with E-state index in [-0.39, 0.29) is 0 Å². The third kappa shape index (κ3) is 3.15. The molecule has 0 unspecified atom stereocenters. The second kappa shape index (κ2) is 6.24. The van der Waals surface area contributed by atoms with Crippen molar-refractivity contribution in [1.82, 2.24) is 0 Å². The predicted molar refractivity (Wildman–Crippen MR) is 97.5 cm³/mol. The van der Waals surface area contributed by atoms with Crippen LogP contribution in [0.3, 0.4) is 0 Å². The van der Waals surface area contributed by atoms with Gasteiger partial charge in [-0.05, 0) is 49.4 Å². The van der Waals surface area contributed by atoms with Crippen LogP contribution in [0.5, 0.6) is 0 Å². The van der Waals surface area contributed by atoms with Crippen molar-refractivity contribution in [3.8, 4) is 0 Å². The second-order valence-corrected chi connectivity index (χ2v) is 6.52. The minimum atomic E-state index is 0.947. The van der Waals surface area contributed by atoms with Gasteiger partial charge in [-0.2, -0.15) is 10.2 Å². The molecule has 0 aliphatic rings. The normalized spacial score (nSPS) is 12.4. The predicted octanol–water partition coefficient (Wildman–Crippen LogP) is 5.36. The fourth-order valence-electron chi connectivity index (χ4n) is 2.29. The van der Waals surface area contributed by atoms with Crippen LogP contribution in [-0.2, 0) is 0 Å². The number of benzene rings is 2. The average Bonchev–Trinajstić information content (AvgIpc) is 2.94. The minimum absolute atomic E-state index is 0.947. The van der Waals surface area contributed by atoms with Crippen LogP contribution < -0.4 is 0 Å². The number of aryl methyl sites for hydroxylation is 2. The van der Waals surface area contributed by atoms with Gasteiger partial charge in [-0.1, -0.05) is 42.0 Å². The average molecular weight is 306 g/mol. The lowest BCUT2D eigenvalue weighted by atomic mass is 10.1. The first-order valence-electron chi connectivity index (χ1n) is 7.27. The fourth-order valence-corrected chi connectivity index (χ4v) is 3.29. The minimum Gasteiger partial charge on any atom is -0.158 e. The van der Waals surface area contributed by atoms with Crippen LogP contribution in [0, 0.1) is 13.8 Å². The summed E-state index contributed by atoms with van der Waals surface area (Å²) in [5, 5.41) is 9.87. The number of hydrogen-bond donors (Lipinski definition) is 0. The van der Waals surface area contributed by atoms with E-state index in [0.29, 0.717) is 0 Å². The molecule has 0 fully saturated rings. The Hall–Kier alpha value is -2.26. The van der Waals surface area contributed by atoms with Gasteiger partial charge in [0.05, 0.1) is 16.8 Å². The maximum atomic E-state index is 4.35. The van der Waals surface area contributed by atoms with E-state index in [1.807, 2.05) is 13.1 Å². The lowest BCUT2D eigenvalue weighted by Crippen LogP contribution is -1.90. The molecule has 110 valence electrons. The highest BCUT2D eigenvalue weighted by atomic mass is 32.1. The first kappa shape index (κ1) is 14.7. The molecule has 0 saturated heterocycles. The molecule has 0 spiro atoms. The van der Waals surface area contributed by atoms with E-state index in [4.69, 9.17) is 0 Å². The Kier molecular flexibility index (Phi) is 4.16. The van der Waals surface area contributed by atoms with Crippen LogP contribution >= 0.6 is 11.3 Å². The Bertz CT molecular complexity index is 839. The maximum Gasteiger partial charge on any atom is 0.0771 e. The third-order valence-corrected chi connectivity index (χ3v) is 4.85. The van der Waals surface area contributed by atoms with Crippen molar-refractivity contribution in [2.45, 2.75) is 20.8 Å². The molecular formula is C19H18N2S. The Morgan fingerprint density at radius 1 is 1.05 bits per heavy atom. The molecule has 0 aliphatic carbocycles. The molecule has 0 radical (unpaired) electrons. The standard InChI is InChI=1S/C19H18N2S/c1-13-8-9-14(2)17(10-13)12-20-21-15(3)19-11-16-6-4-5-7-18(16)22-19/h4-12H,1-3H3/b20-12?,21-15+. The molecule has 3 rings (SSSR count). The monoisotopic (exact) mass is 306 g/mol. The highest BCUT2D eigenvalue weighted by Crippen LogP contribution is 2.25. The molecule has 2 aromatic carbocycles. The Labute approximate surface area is 134 Å². The van der Waals surface area contributed by atoms with E-state index < -0.39 is 0 Å². The number of fused-ring (bicyclic) bond motifs is 1. The summed E-state index contributed by atoms with van der Waals surface area (Å²) in [5.41, 5.74) is 4.51. The van der Waals surface area contributed by atoms with Crippen molar-refractivity contribution in [3.63, 3.8) is 0 Å². The van der Waals surface area contributed by atoms with Gasteiger partial charge in [0.15, 0.2) is 0 Å². The topological polar surface area (TPSA) is 24.7 Å². The zero-order chi connectivity index (χ0) is 15.5. The number of rotatable bonds is 3. The molecule has 3 heteroatoms. The number of nitrogens with zero attached hydrogens (tertiary/aromatic N) is 2. The maximum absolute atomic E-state index is 4.35. The Morgan fingerprint density at radius 3 is 2.68 bits per heavy atom. The van der Waals surface area contributed by atoms with E-state index in [2.05, 4.69) is 72.6 Å². The molecule has 0 bridgehead atoms. The van der Waals surface area contributed by atoms with E-state index >= 15 is 0 Å². The van der Waals surface area contributed by atoms with Gasteiger partial charge in [0.25, 0.3) is 0 Å². The largest absolute Gasteiger partial charge is 0.158 e. The van der Waals surface area contributed by atoms with E-state index in [9.17, 15) is 0 Å². The Balaban J connectivity index is 1.85. The van der Waals surface area contributed by atoms with Crippen molar-refractivity contribution in [2.24, 2.45) is 10.2 Å². The first-order valence-corrected chi connectivity index (χ1v) is 8.09. The third-order valence-electron chi connectivity index (χ3n) is 3.62. The van der Waals surface area contributed by atoms with Gasteiger partial charge in [0.1, 0.15) is 0 Å². The Morgan fingerprint density at radius 2 is 1.86 bits per heavy atom. The lowest BCUT2D eigenvalue weighted by Gasteiger charge is -2.00. The lowest BCUT2D eigenvalue weighted by molar-refractivity contribution is 1.24. The van der Waals surface area contributed by atoms with Gasteiger partial charge in [0.2, 0.25) is 0 Å². The summed E-state index contributed by atoms with van der Waals surface area (Å²) in [5.74, 6) is 0. The van der Waals surface area contributed by atoms with Crippen molar-refractivity contribution >= 4 is 33.3 Å². The van der Waals surface area contributed by atoms with Gasteiger partial charge in [-0.25, -0.2) is 0 Å². The summed E-state index contributed by atoms with van der Waals surface area (Å²) in [6, 6.07) is 16.9. The molecule has 22 heavy (non-hydrogen) atoms. The summed E-state index contributed by atoms with van der Waals surface area (Å²) >= 11 is 1.75. The molecule has 0 atom stereocenters. The quantitative estimate of drug-likeness (QED) is 0.459. The van der Waals surface area contributed by atoms with Gasteiger partial charge in [-0.3, -0.25) is 0 Å². The summed E-state index contributed by atoms with van der Waals surface area (Å²) in [6.07, 6.45) is 1.83. The van der Waals surface area contributed by atoms with Crippen molar-refractivity contribution < 1.29 is 0 Å². The molecular weight excluding hydrogens is 288 g/mol. The molecule has 3 aromatic rings. The van der Waals surface area contributed by atoms with E-state index in [0.717, 1.165) is 11.3 Å². The SMILES string of the molecule is C/C(=N\N=Cc1cc(C)ccc1C)c1cc2ccccc2s1. The second-order valence-electron chi connectivity index (χ2n) is 5.44.